The molecule has 0 aliphatic carbocycles. The molecule has 0 aliphatic rings. The minimum absolute atomic E-state index is 0.234. The number of benzene rings is 1. The minimum atomic E-state index is -0.393. The molecule has 16 heavy (non-hydrogen) atoms. The second-order valence-corrected chi connectivity index (χ2v) is 3.88. The van der Waals surface area contributed by atoms with E-state index >= 15 is 0 Å². The summed E-state index contributed by atoms with van der Waals surface area (Å²) in [6, 6.07) is 5.68. The molecule has 4 heteroatoms. The summed E-state index contributed by atoms with van der Waals surface area (Å²) >= 11 is 0. The topological polar surface area (TPSA) is 41.1 Å². The number of carbonyl (C=O) groups is 1. The maximum absolute atomic E-state index is 12.9. The summed E-state index contributed by atoms with van der Waals surface area (Å²) in [6.07, 6.45) is 0. The van der Waals surface area contributed by atoms with E-state index in [1.165, 1.54) is 18.2 Å². The molecular weight excluding hydrogens is 207 g/mol. The van der Waals surface area contributed by atoms with Crippen molar-refractivity contribution in [1.82, 2.24) is 10.6 Å². The van der Waals surface area contributed by atoms with Crippen molar-refractivity contribution in [3.8, 4) is 0 Å². The molecule has 88 valence electrons. The average Bonchev–Trinajstić information content (AvgIpc) is 2.26. The largest absolute Gasteiger partial charge is 0.352 e. The van der Waals surface area contributed by atoms with E-state index in [9.17, 15) is 9.18 Å². The van der Waals surface area contributed by atoms with Crippen LogP contribution in [0.15, 0.2) is 24.3 Å². The van der Waals surface area contributed by atoms with E-state index in [2.05, 4.69) is 10.6 Å². The van der Waals surface area contributed by atoms with Crippen LogP contribution in [0.4, 0.5) is 4.39 Å². The summed E-state index contributed by atoms with van der Waals surface area (Å²) in [5, 5.41) is 5.79. The van der Waals surface area contributed by atoms with Crippen LogP contribution in [0.5, 0.6) is 0 Å². The van der Waals surface area contributed by atoms with Crippen molar-refractivity contribution in [1.29, 1.82) is 0 Å². The summed E-state index contributed by atoms with van der Waals surface area (Å²) in [4.78, 5) is 11.6. The van der Waals surface area contributed by atoms with Gasteiger partial charge in [-0.05, 0) is 37.7 Å². The van der Waals surface area contributed by atoms with Crippen LogP contribution in [0, 0.1) is 11.7 Å². The van der Waals surface area contributed by atoms with Gasteiger partial charge in [0, 0.05) is 12.1 Å². The predicted octanol–water partition coefficient (Wildman–Crippen LogP) is 1.41. The quantitative estimate of drug-likeness (QED) is 0.794. The summed E-state index contributed by atoms with van der Waals surface area (Å²) < 4.78 is 12.9. The molecule has 2 N–H and O–H groups in total. The van der Waals surface area contributed by atoms with Gasteiger partial charge in [-0.15, -0.1) is 0 Å². The molecule has 0 heterocycles. The number of halogens is 1. The highest BCUT2D eigenvalue weighted by molar-refractivity contribution is 5.94. The first-order valence-electron chi connectivity index (χ1n) is 5.32. The Morgan fingerprint density at radius 3 is 2.81 bits per heavy atom. The molecule has 1 amide bonds. The van der Waals surface area contributed by atoms with Crippen molar-refractivity contribution in [3.05, 3.63) is 35.6 Å². The fourth-order valence-corrected chi connectivity index (χ4v) is 1.42. The minimum Gasteiger partial charge on any atom is -0.352 e. The average molecular weight is 224 g/mol. The SMILES string of the molecule is CNCC(C)CNC(=O)c1cccc(F)c1. The normalized spacial score (nSPS) is 12.2. The summed E-state index contributed by atoms with van der Waals surface area (Å²) in [6.45, 7) is 3.45. The predicted molar refractivity (Wildman–Crippen MR) is 61.8 cm³/mol. The molecule has 1 rings (SSSR count). The van der Waals surface area contributed by atoms with Gasteiger partial charge < -0.3 is 10.6 Å². The first kappa shape index (κ1) is 12.6. The lowest BCUT2D eigenvalue weighted by atomic mass is 10.1. The van der Waals surface area contributed by atoms with Crippen molar-refractivity contribution < 1.29 is 9.18 Å². The molecule has 0 fully saturated rings. The van der Waals surface area contributed by atoms with Crippen molar-refractivity contribution in [2.75, 3.05) is 20.1 Å². The molecule has 0 saturated carbocycles. The molecule has 0 radical (unpaired) electrons. The van der Waals surface area contributed by atoms with Gasteiger partial charge in [-0.1, -0.05) is 13.0 Å². The Hall–Kier alpha value is -1.42. The molecule has 1 aromatic carbocycles. The second-order valence-electron chi connectivity index (χ2n) is 3.88. The first-order chi connectivity index (χ1) is 7.63. The van der Waals surface area contributed by atoms with Crippen LogP contribution in [0.3, 0.4) is 0 Å². The molecule has 0 aliphatic heterocycles. The molecule has 1 aromatic rings. The Labute approximate surface area is 95.0 Å². The van der Waals surface area contributed by atoms with E-state index in [4.69, 9.17) is 0 Å². The monoisotopic (exact) mass is 224 g/mol. The van der Waals surface area contributed by atoms with Crippen LogP contribution in [-0.4, -0.2) is 26.0 Å². The maximum Gasteiger partial charge on any atom is 0.251 e. The Morgan fingerprint density at radius 1 is 1.44 bits per heavy atom. The number of hydrogen-bond acceptors (Lipinski definition) is 2. The third kappa shape index (κ3) is 3.98. The summed E-state index contributed by atoms with van der Waals surface area (Å²) in [7, 11) is 1.87. The molecule has 0 saturated heterocycles. The molecule has 0 bridgehead atoms. The smallest absolute Gasteiger partial charge is 0.251 e. The molecular formula is C12H17FN2O. The van der Waals surface area contributed by atoms with Crippen molar-refractivity contribution in [3.63, 3.8) is 0 Å². The van der Waals surface area contributed by atoms with E-state index in [-0.39, 0.29) is 5.91 Å². The van der Waals surface area contributed by atoms with Crippen LogP contribution in [0.25, 0.3) is 0 Å². The maximum atomic E-state index is 12.9. The van der Waals surface area contributed by atoms with Gasteiger partial charge in [0.05, 0.1) is 0 Å². The van der Waals surface area contributed by atoms with Gasteiger partial charge in [0.1, 0.15) is 5.82 Å². The highest BCUT2D eigenvalue weighted by Gasteiger charge is 2.07. The fourth-order valence-electron chi connectivity index (χ4n) is 1.42. The van der Waals surface area contributed by atoms with Crippen LogP contribution >= 0.6 is 0 Å². The third-order valence-corrected chi connectivity index (χ3v) is 2.25. The van der Waals surface area contributed by atoms with E-state index < -0.39 is 5.82 Å². The van der Waals surface area contributed by atoms with Crippen LogP contribution in [-0.2, 0) is 0 Å². The lowest BCUT2D eigenvalue weighted by Crippen LogP contribution is -2.32. The lowest BCUT2D eigenvalue weighted by Gasteiger charge is -2.11. The number of hydrogen-bond donors (Lipinski definition) is 2. The lowest BCUT2D eigenvalue weighted by molar-refractivity contribution is 0.0947. The van der Waals surface area contributed by atoms with Gasteiger partial charge in [-0.2, -0.15) is 0 Å². The molecule has 1 unspecified atom stereocenters. The standard InChI is InChI=1S/C12H17FN2O/c1-9(7-14-2)8-15-12(16)10-4-3-5-11(13)6-10/h3-6,9,14H,7-8H2,1-2H3,(H,15,16). The Bertz CT molecular complexity index is 355. The molecule has 0 aromatic heterocycles. The van der Waals surface area contributed by atoms with E-state index in [0.717, 1.165) is 6.54 Å². The zero-order chi connectivity index (χ0) is 12.0. The number of carbonyl (C=O) groups excluding carboxylic acids is 1. The van der Waals surface area contributed by atoms with Gasteiger partial charge in [-0.3, -0.25) is 4.79 Å². The van der Waals surface area contributed by atoms with Crippen LogP contribution in [0.2, 0.25) is 0 Å². The van der Waals surface area contributed by atoms with E-state index in [1.807, 2.05) is 14.0 Å². The molecule has 3 nitrogen and oxygen atoms in total. The Balaban J connectivity index is 2.47. The zero-order valence-corrected chi connectivity index (χ0v) is 9.59. The van der Waals surface area contributed by atoms with Crippen molar-refractivity contribution in [2.45, 2.75) is 6.92 Å². The van der Waals surface area contributed by atoms with Gasteiger partial charge >= 0.3 is 0 Å². The molecule has 0 spiro atoms. The van der Waals surface area contributed by atoms with Crippen molar-refractivity contribution >= 4 is 5.91 Å². The van der Waals surface area contributed by atoms with Gasteiger partial charge in [0.2, 0.25) is 0 Å². The van der Waals surface area contributed by atoms with Gasteiger partial charge in [0.15, 0.2) is 0 Å². The number of nitrogens with one attached hydrogen (secondary N) is 2. The fraction of sp³-hybridized carbons (Fsp3) is 0.417. The number of rotatable bonds is 5. The van der Waals surface area contributed by atoms with E-state index in [0.29, 0.717) is 18.0 Å². The third-order valence-electron chi connectivity index (χ3n) is 2.25. The van der Waals surface area contributed by atoms with Crippen LogP contribution in [0.1, 0.15) is 17.3 Å². The second kappa shape index (κ2) is 6.23. The van der Waals surface area contributed by atoms with E-state index in [1.54, 1.807) is 6.07 Å². The highest BCUT2D eigenvalue weighted by atomic mass is 19.1. The van der Waals surface area contributed by atoms with Gasteiger partial charge in [-0.25, -0.2) is 4.39 Å². The Morgan fingerprint density at radius 2 is 2.19 bits per heavy atom. The van der Waals surface area contributed by atoms with Gasteiger partial charge in [0.25, 0.3) is 5.91 Å². The van der Waals surface area contributed by atoms with Crippen LogP contribution < -0.4 is 10.6 Å². The number of amides is 1. The Kier molecular flexibility index (Phi) is 4.92. The summed E-state index contributed by atoms with van der Waals surface area (Å²) in [5.41, 5.74) is 0.358. The molecule has 1 atom stereocenters. The zero-order valence-electron chi connectivity index (χ0n) is 9.59. The first-order valence-corrected chi connectivity index (χ1v) is 5.32. The highest BCUT2D eigenvalue weighted by Crippen LogP contribution is 2.03. The summed E-state index contributed by atoms with van der Waals surface area (Å²) in [5.74, 6) is -0.277. The van der Waals surface area contributed by atoms with Crippen molar-refractivity contribution in [2.24, 2.45) is 5.92 Å².